The van der Waals surface area contributed by atoms with Gasteiger partial charge < -0.3 is 10.8 Å². The number of carboxylic acid groups (broad SMARTS) is 1. The molecule has 1 heterocycles. The van der Waals surface area contributed by atoms with Crippen LogP contribution >= 0.6 is 0 Å². The Labute approximate surface area is 86.1 Å². The molecule has 1 aromatic heterocycles. The Bertz CT molecular complexity index is 531. The van der Waals surface area contributed by atoms with Crippen LogP contribution in [-0.4, -0.2) is 20.9 Å². The molecule has 0 amide bonds. The third-order valence-corrected chi connectivity index (χ3v) is 2.35. The van der Waals surface area contributed by atoms with Gasteiger partial charge in [-0.05, 0) is 17.7 Å². The van der Waals surface area contributed by atoms with Crippen molar-refractivity contribution in [3.05, 3.63) is 29.5 Å². The van der Waals surface area contributed by atoms with E-state index in [0.717, 1.165) is 11.1 Å². The molecule has 0 spiro atoms. The number of rotatable bonds is 2. The van der Waals surface area contributed by atoms with E-state index in [1.165, 1.54) is 0 Å². The van der Waals surface area contributed by atoms with Crippen molar-refractivity contribution in [1.82, 2.24) is 9.78 Å². The van der Waals surface area contributed by atoms with Gasteiger partial charge >= 0.3 is 5.97 Å². The van der Waals surface area contributed by atoms with Crippen molar-refractivity contribution in [1.29, 1.82) is 0 Å². The molecule has 0 radical (unpaired) electrons. The lowest BCUT2D eigenvalue weighted by atomic mass is 10.1. The van der Waals surface area contributed by atoms with E-state index in [9.17, 15) is 4.79 Å². The van der Waals surface area contributed by atoms with Crippen LogP contribution in [0.4, 0.5) is 0 Å². The highest BCUT2D eigenvalue weighted by molar-refractivity contribution is 6.01. The fourth-order valence-corrected chi connectivity index (χ4v) is 1.60. The normalized spacial score (nSPS) is 10.8. The molecule has 0 aliphatic carbocycles. The molecule has 5 nitrogen and oxygen atoms in total. The number of nitrogens with zero attached hydrogens (tertiary/aromatic N) is 2. The zero-order valence-corrected chi connectivity index (χ0v) is 8.27. The molecule has 0 atom stereocenters. The summed E-state index contributed by atoms with van der Waals surface area (Å²) in [6.07, 6.45) is 0. The Hall–Kier alpha value is -1.88. The van der Waals surface area contributed by atoms with Gasteiger partial charge in [-0.25, -0.2) is 4.79 Å². The second-order valence-electron chi connectivity index (χ2n) is 3.33. The van der Waals surface area contributed by atoms with Gasteiger partial charge in [0.15, 0.2) is 5.69 Å². The van der Waals surface area contributed by atoms with E-state index in [4.69, 9.17) is 10.8 Å². The van der Waals surface area contributed by atoms with Crippen LogP contribution in [0.5, 0.6) is 0 Å². The molecule has 78 valence electrons. The predicted molar refractivity (Wildman–Crippen MR) is 55.6 cm³/mol. The first-order valence-corrected chi connectivity index (χ1v) is 4.52. The number of aryl methyl sites for hydroxylation is 1. The highest BCUT2D eigenvalue weighted by Gasteiger charge is 2.14. The fourth-order valence-electron chi connectivity index (χ4n) is 1.60. The molecule has 5 heteroatoms. The van der Waals surface area contributed by atoms with Crippen molar-refractivity contribution in [3.63, 3.8) is 0 Å². The minimum Gasteiger partial charge on any atom is -0.476 e. The zero-order valence-electron chi connectivity index (χ0n) is 8.27. The zero-order chi connectivity index (χ0) is 11.0. The molecule has 15 heavy (non-hydrogen) atoms. The number of aromatic nitrogens is 2. The van der Waals surface area contributed by atoms with E-state index in [0.29, 0.717) is 11.9 Å². The van der Waals surface area contributed by atoms with Crippen molar-refractivity contribution >= 4 is 16.9 Å². The highest BCUT2D eigenvalue weighted by Crippen LogP contribution is 2.19. The summed E-state index contributed by atoms with van der Waals surface area (Å²) in [6, 6.07) is 5.47. The van der Waals surface area contributed by atoms with Gasteiger partial charge in [-0.2, -0.15) is 5.10 Å². The van der Waals surface area contributed by atoms with Crippen LogP contribution in [0.3, 0.4) is 0 Å². The second kappa shape index (κ2) is 3.36. The van der Waals surface area contributed by atoms with E-state index in [2.05, 4.69) is 5.10 Å². The topological polar surface area (TPSA) is 81.1 Å². The monoisotopic (exact) mass is 205 g/mol. The Balaban J connectivity index is 2.77. The quantitative estimate of drug-likeness (QED) is 0.757. The average Bonchev–Trinajstić information content (AvgIpc) is 2.56. The minimum atomic E-state index is -1.02. The molecule has 0 aliphatic heterocycles. The van der Waals surface area contributed by atoms with Gasteiger partial charge in [-0.1, -0.05) is 6.07 Å². The van der Waals surface area contributed by atoms with Gasteiger partial charge in [-0.15, -0.1) is 0 Å². The maximum Gasteiger partial charge on any atom is 0.357 e. The lowest BCUT2D eigenvalue weighted by molar-refractivity contribution is 0.0691. The molecular weight excluding hydrogens is 194 g/mol. The molecule has 0 saturated heterocycles. The van der Waals surface area contributed by atoms with Crippen LogP contribution in [0.15, 0.2) is 18.2 Å². The van der Waals surface area contributed by atoms with Crippen LogP contribution in [0.25, 0.3) is 10.9 Å². The number of hydrogen-bond donors (Lipinski definition) is 2. The molecule has 3 N–H and O–H groups in total. The predicted octanol–water partition coefficient (Wildman–Crippen LogP) is 0.730. The van der Waals surface area contributed by atoms with Crippen LogP contribution < -0.4 is 5.73 Å². The average molecular weight is 205 g/mol. The van der Waals surface area contributed by atoms with E-state index >= 15 is 0 Å². The maximum absolute atomic E-state index is 10.9. The summed E-state index contributed by atoms with van der Waals surface area (Å²) in [5, 5.41) is 13.5. The lowest BCUT2D eigenvalue weighted by Gasteiger charge is -1.97. The molecule has 0 unspecified atom stereocenters. The molecule has 0 bridgehead atoms. The van der Waals surface area contributed by atoms with Gasteiger partial charge in [0.25, 0.3) is 0 Å². The number of nitrogens with two attached hydrogens (primary N) is 1. The van der Waals surface area contributed by atoms with Crippen molar-refractivity contribution in [2.45, 2.75) is 6.54 Å². The smallest absolute Gasteiger partial charge is 0.357 e. The SMILES string of the molecule is Cn1nc(C(=O)O)c2cc(CN)ccc21. The summed E-state index contributed by atoms with van der Waals surface area (Å²) in [5.74, 6) is -1.02. The minimum absolute atomic E-state index is 0.0720. The van der Waals surface area contributed by atoms with Crippen molar-refractivity contribution < 1.29 is 9.90 Å². The third-order valence-electron chi connectivity index (χ3n) is 2.35. The third kappa shape index (κ3) is 1.46. The Kier molecular flexibility index (Phi) is 2.17. The van der Waals surface area contributed by atoms with E-state index in [-0.39, 0.29) is 5.69 Å². The van der Waals surface area contributed by atoms with Gasteiger partial charge in [0.2, 0.25) is 0 Å². The number of aromatic carboxylic acids is 1. The largest absolute Gasteiger partial charge is 0.476 e. The maximum atomic E-state index is 10.9. The standard InChI is InChI=1S/C10H11N3O2/c1-13-8-3-2-6(5-11)4-7(8)9(12-13)10(14)15/h2-4H,5,11H2,1H3,(H,14,15). The molecule has 2 aromatic rings. The van der Waals surface area contributed by atoms with E-state index in [1.807, 2.05) is 12.1 Å². The number of carboxylic acids is 1. The van der Waals surface area contributed by atoms with Gasteiger partial charge in [0.1, 0.15) is 0 Å². The molecule has 0 saturated carbocycles. The van der Waals surface area contributed by atoms with Crippen LogP contribution in [0.2, 0.25) is 0 Å². The first kappa shape index (κ1) is 9.67. The van der Waals surface area contributed by atoms with Crippen LogP contribution in [0, 0.1) is 0 Å². The molecular formula is C10H11N3O2. The van der Waals surface area contributed by atoms with Crippen molar-refractivity contribution in [3.8, 4) is 0 Å². The molecule has 2 rings (SSSR count). The summed E-state index contributed by atoms with van der Waals surface area (Å²) < 4.78 is 1.55. The van der Waals surface area contributed by atoms with E-state index < -0.39 is 5.97 Å². The summed E-state index contributed by atoms with van der Waals surface area (Å²) in [6.45, 7) is 0.393. The number of carbonyl (C=O) groups is 1. The summed E-state index contributed by atoms with van der Waals surface area (Å²) in [5.41, 5.74) is 7.27. The van der Waals surface area contributed by atoms with Crippen LogP contribution in [0.1, 0.15) is 16.1 Å². The number of fused-ring (bicyclic) bond motifs is 1. The molecule has 1 aromatic carbocycles. The van der Waals surface area contributed by atoms with E-state index in [1.54, 1.807) is 17.8 Å². The van der Waals surface area contributed by atoms with Gasteiger partial charge in [-0.3, -0.25) is 4.68 Å². The summed E-state index contributed by atoms with van der Waals surface area (Å²) >= 11 is 0. The Morgan fingerprint density at radius 3 is 2.93 bits per heavy atom. The summed E-state index contributed by atoms with van der Waals surface area (Å²) in [4.78, 5) is 10.9. The second-order valence-corrected chi connectivity index (χ2v) is 3.33. The Morgan fingerprint density at radius 1 is 1.60 bits per heavy atom. The number of benzene rings is 1. The highest BCUT2D eigenvalue weighted by atomic mass is 16.4. The number of hydrogen-bond acceptors (Lipinski definition) is 3. The fraction of sp³-hybridized carbons (Fsp3) is 0.200. The first-order valence-electron chi connectivity index (χ1n) is 4.52. The summed E-state index contributed by atoms with van der Waals surface area (Å²) in [7, 11) is 1.72. The van der Waals surface area contributed by atoms with Crippen LogP contribution in [-0.2, 0) is 13.6 Å². The lowest BCUT2D eigenvalue weighted by Crippen LogP contribution is -1.99. The molecule has 0 aliphatic rings. The van der Waals surface area contributed by atoms with Gasteiger partial charge in [0, 0.05) is 19.0 Å². The van der Waals surface area contributed by atoms with Crippen molar-refractivity contribution in [2.75, 3.05) is 0 Å². The molecule has 0 fully saturated rings. The first-order chi connectivity index (χ1) is 7.13. The van der Waals surface area contributed by atoms with Crippen molar-refractivity contribution in [2.24, 2.45) is 12.8 Å². The Morgan fingerprint density at radius 2 is 2.33 bits per heavy atom. The van der Waals surface area contributed by atoms with Gasteiger partial charge in [0.05, 0.1) is 5.52 Å².